The van der Waals surface area contributed by atoms with E-state index in [0.717, 1.165) is 17.8 Å². The highest BCUT2D eigenvalue weighted by Crippen LogP contribution is 2.61. The Balaban J connectivity index is 1.58. The van der Waals surface area contributed by atoms with Crippen molar-refractivity contribution in [1.29, 1.82) is 0 Å². The van der Waals surface area contributed by atoms with E-state index in [1.807, 2.05) is 0 Å². The van der Waals surface area contributed by atoms with Gasteiger partial charge < -0.3 is 5.32 Å². The first kappa shape index (κ1) is 14.8. The first-order valence-corrected chi connectivity index (χ1v) is 9.72. The van der Waals surface area contributed by atoms with Crippen LogP contribution in [0.25, 0.3) is 0 Å². The maximum atomic E-state index is 11.5. The molecular weight excluding hydrogens is 272 g/mol. The first-order valence-electron chi connectivity index (χ1n) is 8.07. The minimum Gasteiger partial charge on any atom is -0.313 e. The van der Waals surface area contributed by atoms with Crippen molar-refractivity contribution in [3.05, 3.63) is 0 Å². The highest BCUT2D eigenvalue weighted by molar-refractivity contribution is 7.89. The smallest absolute Gasteiger partial charge is 0.212 e. The van der Waals surface area contributed by atoms with Gasteiger partial charge >= 0.3 is 0 Å². The molecule has 0 aliphatic heterocycles. The van der Waals surface area contributed by atoms with Crippen LogP contribution in [0.4, 0.5) is 0 Å². The fourth-order valence-corrected chi connectivity index (χ4v) is 6.03. The summed E-state index contributed by atoms with van der Waals surface area (Å²) in [6, 6.07) is 0.447. The van der Waals surface area contributed by atoms with E-state index in [4.69, 9.17) is 0 Å². The third-order valence-corrected chi connectivity index (χ3v) is 7.50. The number of sulfonamides is 1. The summed E-state index contributed by atoms with van der Waals surface area (Å²) in [6.45, 7) is 2.84. The van der Waals surface area contributed by atoms with Crippen molar-refractivity contribution in [2.75, 3.05) is 19.3 Å². The summed E-state index contributed by atoms with van der Waals surface area (Å²) >= 11 is 0. The van der Waals surface area contributed by atoms with E-state index in [9.17, 15) is 8.42 Å². The van der Waals surface area contributed by atoms with Crippen LogP contribution in [0.1, 0.15) is 45.4 Å². The molecular formula is C15H28N2O2S. The van der Waals surface area contributed by atoms with Crippen molar-refractivity contribution in [3.8, 4) is 0 Å². The maximum absolute atomic E-state index is 11.5. The van der Waals surface area contributed by atoms with Crippen LogP contribution in [0.3, 0.4) is 0 Å². The summed E-state index contributed by atoms with van der Waals surface area (Å²) in [4.78, 5) is 0. The quantitative estimate of drug-likeness (QED) is 0.785. The summed E-state index contributed by atoms with van der Waals surface area (Å²) in [5.74, 6) is 3.03. The Bertz CT molecular complexity index is 425. The molecule has 0 saturated heterocycles. The van der Waals surface area contributed by atoms with Crippen molar-refractivity contribution in [3.63, 3.8) is 0 Å². The standard InChI is InChI=1S/C15H28N2O2S/c1-11(17-3-4-20(18,19)16-2)15-8-12-5-13(9-15)7-14(6-12)10-15/h11-14,16-17H,3-10H2,1-2H3. The molecule has 0 spiro atoms. The van der Waals surface area contributed by atoms with Gasteiger partial charge in [0.15, 0.2) is 0 Å². The first-order chi connectivity index (χ1) is 9.42. The molecule has 0 amide bonds. The molecule has 0 aromatic heterocycles. The van der Waals surface area contributed by atoms with Crippen molar-refractivity contribution < 1.29 is 8.42 Å². The Morgan fingerprint density at radius 1 is 1.10 bits per heavy atom. The average molecular weight is 300 g/mol. The molecule has 1 unspecified atom stereocenters. The van der Waals surface area contributed by atoms with Gasteiger partial charge in [0.1, 0.15) is 0 Å². The molecule has 4 saturated carbocycles. The zero-order valence-corrected chi connectivity index (χ0v) is 13.5. The van der Waals surface area contributed by atoms with E-state index in [-0.39, 0.29) is 5.75 Å². The summed E-state index contributed by atoms with van der Waals surface area (Å²) in [5.41, 5.74) is 0.457. The van der Waals surface area contributed by atoms with Crippen molar-refractivity contribution in [1.82, 2.24) is 10.0 Å². The van der Waals surface area contributed by atoms with E-state index in [1.54, 1.807) is 0 Å². The highest BCUT2D eigenvalue weighted by atomic mass is 32.2. The van der Waals surface area contributed by atoms with Gasteiger partial charge in [-0.1, -0.05) is 0 Å². The summed E-state index contributed by atoms with van der Waals surface area (Å²) < 4.78 is 25.3. The maximum Gasteiger partial charge on any atom is 0.212 e. The van der Waals surface area contributed by atoms with E-state index >= 15 is 0 Å². The lowest BCUT2D eigenvalue weighted by Crippen LogP contribution is -2.55. The third kappa shape index (κ3) is 2.77. The van der Waals surface area contributed by atoms with Crippen LogP contribution in [0.5, 0.6) is 0 Å². The molecule has 4 fully saturated rings. The van der Waals surface area contributed by atoms with Crippen molar-refractivity contribution in [2.24, 2.45) is 23.2 Å². The lowest BCUT2D eigenvalue weighted by atomic mass is 9.48. The van der Waals surface area contributed by atoms with Gasteiger partial charge in [-0.3, -0.25) is 0 Å². The molecule has 0 heterocycles. The molecule has 1 atom stereocenters. The van der Waals surface area contributed by atoms with Crippen LogP contribution in [0.15, 0.2) is 0 Å². The van der Waals surface area contributed by atoms with E-state index in [1.165, 1.54) is 45.6 Å². The minimum atomic E-state index is -3.08. The van der Waals surface area contributed by atoms with E-state index < -0.39 is 10.0 Å². The molecule has 4 nitrogen and oxygen atoms in total. The van der Waals surface area contributed by atoms with Crippen LogP contribution < -0.4 is 10.0 Å². The van der Waals surface area contributed by atoms with E-state index in [2.05, 4.69) is 17.0 Å². The molecule has 2 N–H and O–H groups in total. The predicted octanol–water partition coefficient (Wildman–Crippen LogP) is 1.73. The van der Waals surface area contributed by atoms with Gasteiger partial charge in [0.25, 0.3) is 0 Å². The van der Waals surface area contributed by atoms with Gasteiger partial charge in [-0.25, -0.2) is 13.1 Å². The second kappa shape index (κ2) is 5.25. The Morgan fingerprint density at radius 3 is 2.05 bits per heavy atom. The second-order valence-electron chi connectivity index (χ2n) is 7.48. The molecule has 0 radical (unpaired) electrons. The predicted molar refractivity (Wildman–Crippen MR) is 80.9 cm³/mol. The van der Waals surface area contributed by atoms with Gasteiger partial charge in [0, 0.05) is 12.6 Å². The lowest BCUT2D eigenvalue weighted by molar-refractivity contribution is -0.0700. The van der Waals surface area contributed by atoms with Crippen LogP contribution in [0.2, 0.25) is 0 Å². The average Bonchev–Trinajstić information content (AvgIpc) is 2.37. The fourth-order valence-electron chi connectivity index (χ4n) is 5.44. The highest BCUT2D eigenvalue weighted by Gasteiger charge is 2.52. The molecule has 116 valence electrons. The summed E-state index contributed by atoms with van der Waals surface area (Å²) in [6.07, 6.45) is 8.48. The molecule has 4 bridgehead atoms. The second-order valence-corrected chi connectivity index (χ2v) is 9.52. The Kier molecular flexibility index (Phi) is 3.89. The monoisotopic (exact) mass is 300 g/mol. The number of rotatable bonds is 6. The molecule has 5 heteroatoms. The molecule has 20 heavy (non-hydrogen) atoms. The van der Waals surface area contributed by atoms with Crippen molar-refractivity contribution >= 4 is 10.0 Å². The number of hydrogen-bond donors (Lipinski definition) is 2. The topological polar surface area (TPSA) is 58.2 Å². The van der Waals surface area contributed by atoms with Gasteiger partial charge in [-0.05, 0) is 75.7 Å². The Labute approximate surface area is 123 Å². The number of nitrogens with one attached hydrogen (secondary N) is 2. The van der Waals surface area contributed by atoms with Gasteiger partial charge in [0.2, 0.25) is 10.0 Å². The van der Waals surface area contributed by atoms with E-state index in [0.29, 0.717) is 18.0 Å². The molecule has 0 aromatic carbocycles. The largest absolute Gasteiger partial charge is 0.313 e. The zero-order valence-electron chi connectivity index (χ0n) is 12.7. The van der Waals surface area contributed by atoms with Crippen LogP contribution >= 0.6 is 0 Å². The van der Waals surface area contributed by atoms with Crippen LogP contribution in [-0.2, 0) is 10.0 Å². The minimum absolute atomic E-state index is 0.181. The Morgan fingerprint density at radius 2 is 1.60 bits per heavy atom. The molecule has 0 aromatic rings. The Hall–Kier alpha value is -0.130. The van der Waals surface area contributed by atoms with Crippen molar-refractivity contribution in [2.45, 2.75) is 51.5 Å². The fraction of sp³-hybridized carbons (Fsp3) is 1.00. The van der Waals surface area contributed by atoms with Crippen LogP contribution in [0, 0.1) is 23.2 Å². The number of hydrogen-bond acceptors (Lipinski definition) is 3. The van der Waals surface area contributed by atoms with Crippen LogP contribution in [-0.4, -0.2) is 33.8 Å². The molecule has 4 aliphatic rings. The summed E-state index contributed by atoms with van der Waals surface area (Å²) in [7, 11) is -1.60. The molecule has 4 aliphatic carbocycles. The van der Waals surface area contributed by atoms with Gasteiger partial charge in [0.05, 0.1) is 5.75 Å². The van der Waals surface area contributed by atoms with Gasteiger partial charge in [-0.2, -0.15) is 0 Å². The third-order valence-electron chi connectivity index (χ3n) is 6.14. The SMILES string of the molecule is CNS(=O)(=O)CCNC(C)C12CC3CC(CC(C3)C1)C2. The lowest BCUT2D eigenvalue weighted by Gasteiger charge is -2.59. The normalized spacial score (nSPS) is 41.0. The van der Waals surface area contributed by atoms with Gasteiger partial charge in [-0.15, -0.1) is 0 Å². The molecule has 4 rings (SSSR count). The zero-order chi connectivity index (χ0) is 14.4. The summed E-state index contributed by atoms with van der Waals surface area (Å²) in [5, 5.41) is 3.51.